The van der Waals surface area contributed by atoms with Gasteiger partial charge in [-0.1, -0.05) is 6.58 Å². The van der Waals surface area contributed by atoms with Crippen molar-refractivity contribution in [1.29, 1.82) is 0 Å². The molecule has 2 heterocycles. The molecule has 0 aliphatic carbocycles. The third-order valence-corrected chi connectivity index (χ3v) is 4.08. The Kier molecular flexibility index (Phi) is 3.94. The molecule has 2 rings (SSSR count). The maximum Gasteiger partial charge on any atom is 0.317 e. The summed E-state index contributed by atoms with van der Waals surface area (Å²) in [5.74, 6) is -0.640. The molecule has 0 unspecified atom stereocenters. The average molecular weight is 328 g/mol. The van der Waals surface area contributed by atoms with Gasteiger partial charge in [0.2, 0.25) is 21.7 Å². The van der Waals surface area contributed by atoms with Crippen molar-refractivity contribution in [2.45, 2.75) is 32.9 Å². The molecule has 1 aromatic rings. The predicted octanol–water partition coefficient (Wildman–Crippen LogP) is 0.576. The van der Waals surface area contributed by atoms with E-state index < -0.39 is 21.3 Å². The van der Waals surface area contributed by atoms with Crippen LogP contribution in [0.15, 0.2) is 11.4 Å². The molecule has 0 saturated carbocycles. The highest BCUT2D eigenvalue weighted by molar-refractivity contribution is 7.91. The van der Waals surface area contributed by atoms with Gasteiger partial charge in [0, 0.05) is 12.6 Å². The number of fused-ring (bicyclic) bond motifs is 1. The normalized spacial score (nSPS) is 18.5. The van der Waals surface area contributed by atoms with E-state index in [-0.39, 0.29) is 23.7 Å². The lowest BCUT2D eigenvalue weighted by molar-refractivity contribution is 0.257. The van der Waals surface area contributed by atoms with Crippen LogP contribution in [0.3, 0.4) is 0 Å². The molecule has 1 atom stereocenters. The van der Waals surface area contributed by atoms with E-state index in [4.69, 9.17) is 0 Å². The zero-order valence-electron chi connectivity index (χ0n) is 13.0. The molecule has 0 bridgehead atoms. The number of aromatic hydroxyl groups is 1. The number of hydrogen-bond donors (Lipinski definition) is 2. The van der Waals surface area contributed by atoms with E-state index in [1.165, 1.54) is 4.57 Å². The van der Waals surface area contributed by atoms with Crippen molar-refractivity contribution in [2.24, 2.45) is 0 Å². The lowest BCUT2D eigenvalue weighted by Crippen LogP contribution is -2.41. The Hall–Kier alpha value is -2.03. The van der Waals surface area contributed by atoms with Gasteiger partial charge < -0.3 is 14.6 Å². The quantitative estimate of drug-likeness (QED) is 0.841. The number of rotatable bonds is 3. The maximum absolute atomic E-state index is 11.9. The Morgan fingerprint density at radius 2 is 2.05 bits per heavy atom. The second kappa shape index (κ2) is 5.31. The van der Waals surface area contributed by atoms with Gasteiger partial charge in [-0.05, 0) is 20.8 Å². The van der Waals surface area contributed by atoms with Gasteiger partial charge in [-0.3, -0.25) is 9.52 Å². The molecule has 0 amide bonds. The van der Waals surface area contributed by atoms with Crippen LogP contribution in [-0.2, 0) is 10.0 Å². The van der Waals surface area contributed by atoms with Crippen molar-refractivity contribution in [3.05, 3.63) is 22.6 Å². The molecule has 0 aromatic carbocycles. The Morgan fingerprint density at radius 3 is 2.55 bits per heavy atom. The highest BCUT2D eigenvalue weighted by Gasteiger charge is 2.32. The topological polar surface area (TPSA) is 105 Å². The van der Waals surface area contributed by atoms with Crippen molar-refractivity contribution in [3.63, 3.8) is 0 Å². The Morgan fingerprint density at radius 1 is 1.45 bits per heavy atom. The second-order valence-electron chi connectivity index (χ2n) is 5.72. The summed E-state index contributed by atoms with van der Waals surface area (Å²) in [7, 11) is -3.61. The molecule has 22 heavy (non-hydrogen) atoms. The first kappa shape index (κ1) is 16.3. The van der Waals surface area contributed by atoms with Crippen LogP contribution < -0.4 is 10.3 Å². The number of nitrogens with zero attached hydrogens (tertiary/aromatic N) is 3. The summed E-state index contributed by atoms with van der Waals surface area (Å²) in [4.78, 5) is 17.4. The van der Waals surface area contributed by atoms with Crippen LogP contribution >= 0.6 is 0 Å². The van der Waals surface area contributed by atoms with Gasteiger partial charge in [0.15, 0.2) is 0 Å². The number of anilines is 1. The van der Waals surface area contributed by atoms with Gasteiger partial charge in [0.25, 0.3) is 0 Å². The molecular formula is C13H20N4O4S. The summed E-state index contributed by atoms with van der Waals surface area (Å²) in [6.45, 7) is 10.3. The minimum Gasteiger partial charge on any atom is -0.501 e. The first-order chi connectivity index (χ1) is 10.0. The van der Waals surface area contributed by atoms with Crippen LogP contribution in [-0.4, -0.2) is 46.8 Å². The van der Waals surface area contributed by atoms with Gasteiger partial charge in [-0.15, -0.1) is 0 Å². The predicted molar refractivity (Wildman–Crippen MR) is 84.2 cm³/mol. The smallest absolute Gasteiger partial charge is 0.317 e. The Bertz CT molecular complexity index is 782. The lowest BCUT2D eigenvalue weighted by atomic mass is 10.1. The van der Waals surface area contributed by atoms with Crippen LogP contribution in [0.5, 0.6) is 5.75 Å². The van der Waals surface area contributed by atoms with E-state index in [0.717, 1.165) is 6.26 Å². The fourth-order valence-electron chi connectivity index (χ4n) is 2.60. The molecule has 2 N–H and O–H groups in total. The first-order valence-electron chi connectivity index (χ1n) is 6.82. The highest BCUT2D eigenvalue weighted by atomic mass is 32.2. The van der Waals surface area contributed by atoms with Crippen molar-refractivity contribution < 1.29 is 13.5 Å². The largest absolute Gasteiger partial charge is 0.501 e. The van der Waals surface area contributed by atoms with Gasteiger partial charge in [-0.25, -0.2) is 8.42 Å². The van der Waals surface area contributed by atoms with Gasteiger partial charge in [0.05, 0.1) is 18.0 Å². The number of hydrogen-bond acceptors (Lipinski definition) is 6. The first-order valence-corrected chi connectivity index (χ1v) is 8.71. The molecule has 1 aliphatic heterocycles. The Labute approximate surface area is 129 Å². The lowest BCUT2D eigenvalue weighted by Gasteiger charge is -2.40. The molecule has 1 aromatic heterocycles. The highest BCUT2D eigenvalue weighted by Crippen LogP contribution is 2.35. The summed E-state index contributed by atoms with van der Waals surface area (Å²) in [5.41, 5.74) is -0.239. The van der Waals surface area contributed by atoms with Gasteiger partial charge >= 0.3 is 5.56 Å². The molecule has 122 valence electrons. The zero-order chi connectivity index (χ0) is 16.8. The molecule has 1 aliphatic rings. The van der Waals surface area contributed by atoms with E-state index in [1.54, 1.807) is 0 Å². The second-order valence-corrected chi connectivity index (χ2v) is 7.47. The zero-order valence-corrected chi connectivity index (χ0v) is 13.8. The van der Waals surface area contributed by atoms with Gasteiger partial charge in [0.1, 0.15) is 5.69 Å². The van der Waals surface area contributed by atoms with E-state index in [1.807, 2.05) is 25.7 Å². The van der Waals surface area contributed by atoms with Crippen molar-refractivity contribution in [1.82, 2.24) is 14.5 Å². The minimum atomic E-state index is -3.61. The van der Waals surface area contributed by atoms with Crippen molar-refractivity contribution in [2.75, 3.05) is 17.5 Å². The van der Waals surface area contributed by atoms with Crippen LogP contribution in [0.25, 0.3) is 5.70 Å². The summed E-state index contributed by atoms with van der Waals surface area (Å²) < 4.78 is 26.7. The summed E-state index contributed by atoms with van der Waals surface area (Å²) in [6, 6.07) is -0.0798. The number of nitrogens with one attached hydrogen (secondary N) is 1. The molecular weight excluding hydrogens is 308 g/mol. The minimum absolute atomic E-state index is 0.114. The SMILES string of the molecule is C=C1c2c(O)c(=O)nc(NS(C)(=O)=O)n2[C@@H](C)CN1C(C)C. The molecule has 8 nitrogen and oxygen atoms in total. The number of sulfonamides is 1. The average Bonchev–Trinajstić information content (AvgIpc) is 2.35. The molecule has 0 fully saturated rings. The monoisotopic (exact) mass is 328 g/mol. The van der Waals surface area contributed by atoms with Crippen molar-refractivity contribution >= 4 is 21.7 Å². The van der Waals surface area contributed by atoms with E-state index in [9.17, 15) is 18.3 Å². The van der Waals surface area contributed by atoms with Crippen LogP contribution in [0, 0.1) is 0 Å². The fourth-order valence-corrected chi connectivity index (χ4v) is 3.08. The third kappa shape index (κ3) is 2.80. The van der Waals surface area contributed by atoms with Gasteiger partial charge in [-0.2, -0.15) is 4.98 Å². The summed E-state index contributed by atoms with van der Waals surface area (Å²) in [6.07, 6.45) is 0.974. The van der Waals surface area contributed by atoms with Crippen LogP contribution in [0.4, 0.5) is 5.95 Å². The number of aromatic nitrogens is 2. The molecule has 9 heteroatoms. The van der Waals surface area contributed by atoms with E-state index in [2.05, 4.69) is 16.3 Å². The molecule has 0 saturated heterocycles. The Balaban J connectivity index is 2.73. The summed E-state index contributed by atoms with van der Waals surface area (Å²) in [5, 5.41) is 10.1. The van der Waals surface area contributed by atoms with E-state index >= 15 is 0 Å². The maximum atomic E-state index is 11.9. The standard InChI is InChI=1S/C13H20N4O4S/c1-7(2)16-6-8(3)17-10(9(16)4)11(18)12(19)14-13(17)15-22(5,20)21/h7-8,18H,4,6H2,1-3,5H3,(H,14,15,19)/t8-/m0/s1. The molecule has 0 spiro atoms. The summed E-state index contributed by atoms with van der Waals surface area (Å²) >= 11 is 0. The van der Waals surface area contributed by atoms with E-state index in [0.29, 0.717) is 12.2 Å². The fraction of sp³-hybridized carbons (Fsp3) is 0.538. The third-order valence-electron chi connectivity index (χ3n) is 3.53. The van der Waals surface area contributed by atoms with Crippen molar-refractivity contribution in [3.8, 4) is 5.75 Å². The van der Waals surface area contributed by atoms with Crippen LogP contribution in [0.1, 0.15) is 32.5 Å². The van der Waals surface area contributed by atoms with Crippen LogP contribution in [0.2, 0.25) is 0 Å². The molecule has 0 radical (unpaired) electrons.